The Morgan fingerprint density at radius 2 is 2.11 bits per heavy atom. The summed E-state index contributed by atoms with van der Waals surface area (Å²) >= 11 is 0. The molecule has 0 fully saturated rings. The van der Waals surface area contributed by atoms with Crippen LogP contribution in [0, 0.1) is 6.92 Å². The number of amides is 1. The van der Waals surface area contributed by atoms with Gasteiger partial charge in [0.15, 0.2) is 0 Å². The molecule has 5 nitrogen and oxygen atoms in total. The van der Waals surface area contributed by atoms with Gasteiger partial charge in [-0.1, -0.05) is 18.2 Å². The summed E-state index contributed by atoms with van der Waals surface area (Å²) < 4.78 is 5.61. The Labute approximate surface area is 111 Å². The van der Waals surface area contributed by atoms with Gasteiger partial charge < -0.3 is 16.2 Å². The Hall–Kier alpha value is -2.14. The summed E-state index contributed by atoms with van der Waals surface area (Å²) in [6, 6.07) is 9.52. The Morgan fingerprint density at radius 3 is 2.79 bits per heavy atom. The maximum atomic E-state index is 11.2. The molecule has 2 aromatic rings. The minimum atomic E-state index is -1.20. The molecule has 1 aromatic heterocycles. The lowest BCUT2D eigenvalue weighted by Crippen LogP contribution is -2.53. The molecule has 4 N–H and O–H groups in total. The largest absolute Gasteiger partial charge is 0.489 e. The highest BCUT2D eigenvalue weighted by molar-refractivity contribution is 5.85. The summed E-state index contributed by atoms with van der Waals surface area (Å²) in [5, 5.41) is 0.973. The predicted octanol–water partition coefficient (Wildman–Crippen LogP) is 1.12. The smallest absolute Gasteiger partial charge is 0.240 e. The van der Waals surface area contributed by atoms with Crippen molar-refractivity contribution in [3.63, 3.8) is 0 Å². The van der Waals surface area contributed by atoms with Crippen molar-refractivity contribution in [3.05, 3.63) is 36.0 Å². The number of ether oxygens (including phenoxy) is 1. The molecule has 0 bridgehead atoms. The molecule has 1 atom stereocenters. The molecule has 19 heavy (non-hydrogen) atoms. The molecule has 1 unspecified atom stereocenters. The van der Waals surface area contributed by atoms with Crippen molar-refractivity contribution in [2.75, 3.05) is 6.61 Å². The number of carbonyl (C=O) groups excluding carboxylic acids is 1. The first-order valence-electron chi connectivity index (χ1n) is 5.98. The highest BCUT2D eigenvalue weighted by Crippen LogP contribution is 2.24. The molecule has 2 rings (SSSR count). The minimum absolute atomic E-state index is 0.0110. The van der Waals surface area contributed by atoms with Gasteiger partial charge in [0.25, 0.3) is 0 Å². The van der Waals surface area contributed by atoms with Crippen LogP contribution in [0.4, 0.5) is 0 Å². The Kier molecular flexibility index (Phi) is 3.40. The molecular weight excluding hydrogens is 242 g/mol. The van der Waals surface area contributed by atoms with Crippen molar-refractivity contribution >= 4 is 16.8 Å². The van der Waals surface area contributed by atoms with E-state index in [0.29, 0.717) is 5.75 Å². The SMILES string of the molecule is Cc1ccc2cccc(OCC(C)(N)C(N)=O)c2n1. The third-order valence-electron chi connectivity index (χ3n) is 2.91. The highest BCUT2D eigenvalue weighted by Gasteiger charge is 2.26. The van der Waals surface area contributed by atoms with Gasteiger partial charge in [-0.25, -0.2) is 4.98 Å². The van der Waals surface area contributed by atoms with Gasteiger partial charge in [-0.05, 0) is 26.0 Å². The van der Waals surface area contributed by atoms with Crippen LogP contribution in [0.3, 0.4) is 0 Å². The summed E-state index contributed by atoms with van der Waals surface area (Å²) in [6.45, 7) is 3.46. The third kappa shape index (κ3) is 2.82. The number of aryl methyl sites for hydroxylation is 1. The molecule has 0 spiro atoms. The molecule has 0 saturated heterocycles. The topological polar surface area (TPSA) is 91.2 Å². The fraction of sp³-hybridized carbons (Fsp3) is 0.286. The molecule has 0 radical (unpaired) electrons. The van der Waals surface area contributed by atoms with Gasteiger partial charge in [0.05, 0.1) is 0 Å². The number of para-hydroxylation sites is 1. The van der Waals surface area contributed by atoms with E-state index in [4.69, 9.17) is 16.2 Å². The lowest BCUT2D eigenvalue weighted by atomic mass is 10.1. The van der Waals surface area contributed by atoms with Gasteiger partial charge in [0.2, 0.25) is 5.91 Å². The molecule has 5 heteroatoms. The number of carbonyl (C=O) groups is 1. The molecule has 1 heterocycles. The van der Waals surface area contributed by atoms with E-state index >= 15 is 0 Å². The van der Waals surface area contributed by atoms with Crippen molar-refractivity contribution in [1.82, 2.24) is 4.98 Å². The quantitative estimate of drug-likeness (QED) is 0.860. The first kappa shape index (κ1) is 13.3. The zero-order valence-electron chi connectivity index (χ0n) is 11.0. The average molecular weight is 259 g/mol. The monoisotopic (exact) mass is 259 g/mol. The standard InChI is InChI=1S/C14H17N3O2/c1-9-6-7-10-4-3-5-11(12(10)17-9)19-8-14(2,16)13(15)18/h3-7H,8,16H2,1-2H3,(H2,15,18). The number of nitrogens with two attached hydrogens (primary N) is 2. The molecule has 0 aliphatic carbocycles. The number of hydrogen-bond acceptors (Lipinski definition) is 4. The van der Waals surface area contributed by atoms with E-state index in [-0.39, 0.29) is 6.61 Å². The van der Waals surface area contributed by atoms with Gasteiger partial charge in [0.1, 0.15) is 23.4 Å². The first-order valence-corrected chi connectivity index (χ1v) is 5.98. The molecule has 1 amide bonds. The second-order valence-electron chi connectivity index (χ2n) is 4.85. The fourth-order valence-electron chi connectivity index (χ4n) is 1.63. The lowest BCUT2D eigenvalue weighted by molar-refractivity contribution is -0.123. The second-order valence-corrected chi connectivity index (χ2v) is 4.85. The predicted molar refractivity (Wildman–Crippen MR) is 73.8 cm³/mol. The summed E-state index contributed by atoms with van der Waals surface area (Å²) in [7, 11) is 0. The van der Waals surface area contributed by atoms with Crippen molar-refractivity contribution in [3.8, 4) is 5.75 Å². The van der Waals surface area contributed by atoms with E-state index in [1.165, 1.54) is 0 Å². The Bertz CT molecular complexity index is 623. The molecular formula is C14H17N3O2. The summed E-state index contributed by atoms with van der Waals surface area (Å²) in [4.78, 5) is 15.6. The van der Waals surface area contributed by atoms with Crippen LogP contribution in [0.25, 0.3) is 10.9 Å². The van der Waals surface area contributed by atoms with Crippen molar-refractivity contribution in [2.24, 2.45) is 11.5 Å². The zero-order valence-corrected chi connectivity index (χ0v) is 11.0. The van der Waals surface area contributed by atoms with Crippen LogP contribution in [0.2, 0.25) is 0 Å². The minimum Gasteiger partial charge on any atom is -0.489 e. The molecule has 1 aromatic carbocycles. The van der Waals surface area contributed by atoms with E-state index in [2.05, 4.69) is 4.98 Å². The maximum Gasteiger partial charge on any atom is 0.240 e. The van der Waals surface area contributed by atoms with Gasteiger partial charge in [-0.3, -0.25) is 4.79 Å². The zero-order chi connectivity index (χ0) is 14.0. The number of hydrogen-bond donors (Lipinski definition) is 2. The molecule has 0 aliphatic rings. The fourth-order valence-corrected chi connectivity index (χ4v) is 1.63. The van der Waals surface area contributed by atoms with Crippen LogP contribution in [0.15, 0.2) is 30.3 Å². The lowest BCUT2D eigenvalue weighted by Gasteiger charge is -2.21. The summed E-state index contributed by atoms with van der Waals surface area (Å²) in [5.41, 5.74) is 11.4. The van der Waals surface area contributed by atoms with Gasteiger partial charge in [0, 0.05) is 11.1 Å². The van der Waals surface area contributed by atoms with E-state index in [1.54, 1.807) is 13.0 Å². The summed E-state index contributed by atoms with van der Waals surface area (Å²) in [6.07, 6.45) is 0. The van der Waals surface area contributed by atoms with Crippen LogP contribution >= 0.6 is 0 Å². The van der Waals surface area contributed by atoms with Crippen LogP contribution < -0.4 is 16.2 Å². The highest BCUT2D eigenvalue weighted by atomic mass is 16.5. The number of pyridine rings is 1. The van der Waals surface area contributed by atoms with E-state index in [0.717, 1.165) is 16.6 Å². The number of nitrogens with zero attached hydrogens (tertiary/aromatic N) is 1. The third-order valence-corrected chi connectivity index (χ3v) is 2.91. The Morgan fingerprint density at radius 1 is 1.37 bits per heavy atom. The average Bonchev–Trinajstić information content (AvgIpc) is 2.36. The van der Waals surface area contributed by atoms with Crippen LogP contribution in [0.1, 0.15) is 12.6 Å². The van der Waals surface area contributed by atoms with Crippen LogP contribution in [-0.4, -0.2) is 23.0 Å². The number of benzene rings is 1. The van der Waals surface area contributed by atoms with E-state index in [1.807, 2.05) is 31.2 Å². The van der Waals surface area contributed by atoms with E-state index < -0.39 is 11.4 Å². The molecule has 0 saturated carbocycles. The van der Waals surface area contributed by atoms with Gasteiger partial charge in [-0.15, -0.1) is 0 Å². The molecule has 0 aliphatic heterocycles. The first-order chi connectivity index (χ1) is 8.90. The number of fused-ring (bicyclic) bond motifs is 1. The van der Waals surface area contributed by atoms with Crippen molar-refractivity contribution in [1.29, 1.82) is 0 Å². The van der Waals surface area contributed by atoms with Gasteiger partial charge >= 0.3 is 0 Å². The van der Waals surface area contributed by atoms with Crippen LogP contribution in [-0.2, 0) is 4.79 Å². The molecule has 100 valence electrons. The van der Waals surface area contributed by atoms with Crippen molar-refractivity contribution < 1.29 is 9.53 Å². The number of primary amides is 1. The van der Waals surface area contributed by atoms with Crippen molar-refractivity contribution in [2.45, 2.75) is 19.4 Å². The van der Waals surface area contributed by atoms with Gasteiger partial charge in [-0.2, -0.15) is 0 Å². The number of aromatic nitrogens is 1. The maximum absolute atomic E-state index is 11.2. The van der Waals surface area contributed by atoms with E-state index in [9.17, 15) is 4.79 Å². The number of rotatable bonds is 4. The Balaban J connectivity index is 2.31. The van der Waals surface area contributed by atoms with Crippen LogP contribution in [0.5, 0.6) is 5.75 Å². The second kappa shape index (κ2) is 4.85. The summed E-state index contributed by atoms with van der Waals surface area (Å²) in [5.74, 6) is -0.00370. The normalized spacial score (nSPS) is 14.1.